The molecule has 4 heteroatoms. The molecule has 1 aromatic carbocycles. The van der Waals surface area contributed by atoms with Gasteiger partial charge in [-0.2, -0.15) is 0 Å². The number of rotatable bonds is 2. The molecule has 2 nitrogen and oxygen atoms in total. The van der Waals surface area contributed by atoms with E-state index in [0.29, 0.717) is 6.54 Å². The minimum absolute atomic E-state index is 0.564. The van der Waals surface area contributed by atoms with Crippen molar-refractivity contribution in [1.82, 2.24) is 4.98 Å². The molecule has 0 bridgehead atoms. The maximum Gasteiger partial charge on any atom is 0.150 e. The van der Waals surface area contributed by atoms with Crippen molar-refractivity contribution in [2.45, 2.75) is 10.9 Å². The maximum absolute atomic E-state index is 5.62. The van der Waals surface area contributed by atoms with Gasteiger partial charge in [0.1, 0.15) is 0 Å². The zero-order chi connectivity index (χ0) is 9.26. The minimum atomic E-state index is 0.564. The number of para-hydroxylation sites is 1. The van der Waals surface area contributed by atoms with Crippen LogP contribution in [0.1, 0.15) is 5.56 Å². The molecule has 2 N–H and O–H groups in total. The van der Waals surface area contributed by atoms with E-state index in [-0.39, 0.29) is 0 Å². The van der Waals surface area contributed by atoms with E-state index in [2.05, 4.69) is 11.1 Å². The van der Waals surface area contributed by atoms with Gasteiger partial charge < -0.3 is 5.73 Å². The smallest absolute Gasteiger partial charge is 0.150 e. The summed E-state index contributed by atoms with van der Waals surface area (Å²) in [5.41, 5.74) is 7.83. The molecule has 68 valence electrons. The van der Waals surface area contributed by atoms with E-state index < -0.39 is 0 Å². The summed E-state index contributed by atoms with van der Waals surface area (Å²) in [4.78, 5) is 4.50. The van der Waals surface area contributed by atoms with E-state index in [1.165, 1.54) is 4.70 Å². The first kappa shape index (κ1) is 8.99. The van der Waals surface area contributed by atoms with E-state index in [1.807, 2.05) is 18.4 Å². The lowest BCUT2D eigenvalue weighted by Crippen LogP contribution is -1.96. The van der Waals surface area contributed by atoms with Crippen LogP contribution in [0.25, 0.3) is 10.2 Å². The van der Waals surface area contributed by atoms with Crippen molar-refractivity contribution in [2.75, 3.05) is 6.26 Å². The van der Waals surface area contributed by atoms with Crippen molar-refractivity contribution in [3.8, 4) is 0 Å². The lowest BCUT2D eigenvalue weighted by Gasteiger charge is -1.95. The Morgan fingerprint density at radius 2 is 2.38 bits per heavy atom. The Morgan fingerprint density at radius 1 is 1.54 bits per heavy atom. The highest BCUT2D eigenvalue weighted by molar-refractivity contribution is 8.00. The highest BCUT2D eigenvalue weighted by Crippen LogP contribution is 2.29. The van der Waals surface area contributed by atoms with Gasteiger partial charge in [0, 0.05) is 6.54 Å². The van der Waals surface area contributed by atoms with Gasteiger partial charge in [0.05, 0.1) is 10.2 Å². The van der Waals surface area contributed by atoms with Gasteiger partial charge in [0.25, 0.3) is 0 Å². The quantitative estimate of drug-likeness (QED) is 0.774. The van der Waals surface area contributed by atoms with Gasteiger partial charge in [-0.1, -0.05) is 23.9 Å². The van der Waals surface area contributed by atoms with Crippen LogP contribution in [-0.4, -0.2) is 11.2 Å². The summed E-state index contributed by atoms with van der Waals surface area (Å²) in [7, 11) is 0. The van der Waals surface area contributed by atoms with Crippen molar-refractivity contribution >= 4 is 33.3 Å². The second-order valence-electron chi connectivity index (χ2n) is 2.65. The fourth-order valence-corrected chi connectivity index (χ4v) is 2.77. The fourth-order valence-electron chi connectivity index (χ4n) is 1.24. The molecule has 0 saturated heterocycles. The highest BCUT2D eigenvalue weighted by Gasteiger charge is 2.05. The van der Waals surface area contributed by atoms with Gasteiger partial charge in [0.2, 0.25) is 0 Å². The predicted molar refractivity (Wildman–Crippen MR) is 59.3 cm³/mol. The van der Waals surface area contributed by atoms with Crippen LogP contribution in [0.5, 0.6) is 0 Å². The van der Waals surface area contributed by atoms with Crippen LogP contribution in [0.4, 0.5) is 0 Å². The molecule has 0 unspecified atom stereocenters. The summed E-state index contributed by atoms with van der Waals surface area (Å²) < 4.78 is 2.34. The summed E-state index contributed by atoms with van der Waals surface area (Å²) in [6.45, 7) is 0.564. The van der Waals surface area contributed by atoms with E-state index in [0.717, 1.165) is 15.4 Å². The molecule has 0 saturated carbocycles. The minimum Gasteiger partial charge on any atom is -0.326 e. The summed E-state index contributed by atoms with van der Waals surface area (Å²) in [6.07, 6.45) is 2.04. The number of aromatic nitrogens is 1. The van der Waals surface area contributed by atoms with Gasteiger partial charge in [-0.3, -0.25) is 0 Å². The Kier molecular flexibility index (Phi) is 2.53. The number of nitrogens with zero attached hydrogens (tertiary/aromatic N) is 1. The number of fused-ring (bicyclic) bond motifs is 1. The summed E-state index contributed by atoms with van der Waals surface area (Å²) in [6, 6.07) is 6.16. The molecule has 0 radical (unpaired) electrons. The number of benzene rings is 1. The molecule has 0 aliphatic carbocycles. The van der Waals surface area contributed by atoms with Gasteiger partial charge in [-0.05, 0) is 17.9 Å². The molecule has 0 amide bonds. The van der Waals surface area contributed by atoms with Crippen molar-refractivity contribution in [3.63, 3.8) is 0 Å². The van der Waals surface area contributed by atoms with Crippen LogP contribution in [0.2, 0.25) is 0 Å². The molecule has 1 aromatic heterocycles. The normalized spacial score (nSPS) is 10.9. The molecule has 13 heavy (non-hydrogen) atoms. The molecule has 1 heterocycles. The molecule has 0 atom stereocenters. The van der Waals surface area contributed by atoms with Crippen molar-refractivity contribution in [3.05, 3.63) is 23.8 Å². The Bertz CT molecular complexity index is 422. The molecule has 0 aliphatic heterocycles. The molecule has 0 spiro atoms. The fraction of sp³-hybridized carbons (Fsp3) is 0.222. The Labute approximate surface area is 85.2 Å². The number of hydrogen-bond acceptors (Lipinski definition) is 4. The van der Waals surface area contributed by atoms with Crippen LogP contribution in [0, 0.1) is 0 Å². The van der Waals surface area contributed by atoms with Gasteiger partial charge >= 0.3 is 0 Å². The molecule has 2 rings (SSSR count). The first-order valence-electron chi connectivity index (χ1n) is 3.97. The number of hydrogen-bond donors (Lipinski definition) is 1. The Hall–Kier alpha value is -0.580. The van der Waals surface area contributed by atoms with E-state index in [1.54, 1.807) is 23.1 Å². The van der Waals surface area contributed by atoms with E-state index in [9.17, 15) is 0 Å². The third-order valence-electron chi connectivity index (χ3n) is 1.88. The second kappa shape index (κ2) is 3.65. The van der Waals surface area contributed by atoms with Gasteiger partial charge in [-0.15, -0.1) is 11.3 Å². The van der Waals surface area contributed by atoms with Crippen LogP contribution in [-0.2, 0) is 6.54 Å². The second-order valence-corrected chi connectivity index (χ2v) is 4.74. The lowest BCUT2D eigenvalue weighted by atomic mass is 10.2. The standard InChI is InChI=1S/C9H10N2S2/c1-12-9-11-8-6(5-10)3-2-4-7(8)13-9/h2-4H,5,10H2,1H3. The lowest BCUT2D eigenvalue weighted by molar-refractivity contribution is 1.07. The predicted octanol–water partition coefficient (Wildman–Crippen LogP) is 2.48. The highest BCUT2D eigenvalue weighted by atomic mass is 32.2. The third-order valence-corrected chi connectivity index (χ3v) is 3.88. The van der Waals surface area contributed by atoms with E-state index >= 15 is 0 Å². The summed E-state index contributed by atoms with van der Waals surface area (Å²) in [5.74, 6) is 0. The van der Waals surface area contributed by atoms with Crippen molar-refractivity contribution in [2.24, 2.45) is 5.73 Å². The van der Waals surface area contributed by atoms with Crippen molar-refractivity contribution in [1.29, 1.82) is 0 Å². The third kappa shape index (κ3) is 1.57. The van der Waals surface area contributed by atoms with Crippen LogP contribution in [0.3, 0.4) is 0 Å². The number of nitrogens with two attached hydrogens (primary N) is 1. The first-order valence-corrected chi connectivity index (χ1v) is 6.01. The van der Waals surface area contributed by atoms with Gasteiger partial charge in [0.15, 0.2) is 4.34 Å². The SMILES string of the molecule is CSc1nc2c(CN)cccc2s1. The topological polar surface area (TPSA) is 38.9 Å². The molecular weight excluding hydrogens is 200 g/mol. The maximum atomic E-state index is 5.62. The summed E-state index contributed by atoms with van der Waals surface area (Å²) >= 11 is 3.40. The van der Waals surface area contributed by atoms with Crippen LogP contribution >= 0.6 is 23.1 Å². The Morgan fingerprint density at radius 3 is 3.08 bits per heavy atom. The van der Waals surface area contributed by atoms with Crippen LogP contribution in [0.15, 0.2) is 22.5 Å². The zero-order valence-electron chi connectivity index (χ0n) is 7.28. The summed E-state index contributed by atoms with van der Waals surface area (Å²) in [5, 5.41) is 0. The van der Waals surface area contributed by atoms with Crippen LogP contribution < -0.4 is 5.73 Å². The monoisotopic (exact) mass is 210 g/mol. The molecule has 2 aromatic rings. The number of thiazole rings is 1. The molecular formula is C9H10N2S2. The average molecular weight is 210 g/mol. The Balaban J connectivity index is 2.67. The average Bonchev–Trinajstić information content (AvgIpc) is 2.59. The molecule has 0 aliphatic rings. The zero-order valence-corrected chi connectivity index (χ0v) is 8.91. The first-order chi connectivity index (χ1) is 6.35. The van der Waals surface area contributed by atoms with E-state index in [4.69, 9.17) is 5.73 Å². The number of thioether (sulfide) groups is 1. The molecule has 0 fully saturated rings. The largest absolute Gasteiger partial charge is 0.326 e. The van der Waals surface area contributed by atoms with Crippen molar-refractivity contribution < 1.29 is 0 Å². The van der Waals surface area contributed by atoms with Gasteiger partial charge in [-0.25, -0.2) is 4.98 Å².